The number of carbonyl (C=O) groups excluding carboxylic acids is 2. The first-order valence-corrected chi connectivity index (χ1v) is 5.75. The first-order valence-electron chi connectivity index (χ1n) is 5.75. The highest BCUT2D eigenvalue weighted by molar-refractivity contribution is 5.82. The van der Waals surface area contributed by atoms with E-state index in [-0.39, 0.29) is 24.6 Å². The number of carbonyl (C=O) groups is 2. The van der Waals surface area contributed by atoms with Gasteiger partial charge in [0.05, 0.1) is 5.41 Å². The molecule has 0 saturated carbocycles. The smallest absolute Gasteiger partial charge is 0.251 e. The molecule has 0 aromatic carbocycles. The molecule has 1 aromatic heterocycles. The van der Waals surface area contributed by atoms with E-state index >= 15 is 0 Å². The van der Waals surface area contributed by atoms with Gasteiger partial charge >= 0.3 is 0 Å². The number of amides is 2. The van der Waals surface area contributed by atoms with Crippen LogP contribution < -0.4 is 22.3 Å². The van der Waals surface area contributed by atoms with Gasteiger partial charge in [0.2, 0.25) is 11.8 Å². The van der Waals surface area contributed by atoms with Crippen LogP contribution in [0.1, 0.15) is 13.8 Å². The number of nitrogens with zero attached hydrogens (tertiary/aromatic N) is 1. The number of anilines is 1. The molecule has 1 rings (SSSR count). The summed E-state index contributed by atoms with van der Waals surface area (Å²) in [5.41, 5.74) is 9.96. The number of nitrogens with two attached hydrogens (primary N) is 2. The average Bonchev–Trinajstić information content (AvgIpc) is 2.31. The molecule has 1 aromatic rings. The number of primary amides is 1. The second kappa shape index (κ2) is 5.55. The number of hydrogen-bond acceptors (Lipinski definition) is 4. The molecule has 1 heterocycles. The molecular weight excluding hydrogens is 248 g/mol. The summed E-state index contributed by atoms with van der Waals surface area (Å²) in [6.45, 7) is 3.21. The SMILES string of the molecule is CC(C)(CNC(=O)Cn1cc(N)ccc1=O)C(N)=O. The van der Waals surface area contributed by atoms with Gasteiger partial charge in [0, 0.05) is 24.5 Å². The zero-order valence-electron chi connectivity index (χ0n) is 11.0. The number of rotatable bonds is 5. The van der Waals surface area contributed by atoms with E-state index in [1.807, 2.05) is 0 Å². The molecule has 7 heteroatoms. The maximum atomic E-state index is 11.7. The molecule has 0 aliphatic carbocycles. The summed E-state index contributed by atoms with van der Waals surface area (Å²) < 4.78 is 1.20. The highest BCUT2D eigenvalue weighted by Gasteiger charge is 2.25. The summed E-state index contributed by atoms with van der Waals surface area (Å²) in [5.74, 6) is -0.893. The van der Waals surface area contributed by atoms with Gasteiger partial charge in [0.1, 0.15) is 6.54 Å². The molecule has 0 aliphatic heterocycles. The van der Waals surface area contributed by atoms with Crippen LogP contribution in [0.4, 0.5) is 5.69 Å². The van der Waals surface area contributed by atoms with Crippen LogP contribution in [0.25, 0.3) is 0 Å². The van der Waals surface area contributed by atoms with Gasteiger partial charge in [0.25, 0.3) is 5.56 Å². The normalized spacial score (nSPS) is 11.1. The molecule has 2 amide bonds. The summed E-state index contributed by atoms with van der Waals surface area (Å²) in [4.78, 5) is 34.2. The largest absolute Gasteiger partial charge is 0.398 e. The standard InChI is InChI=1S/C12H18N4O3/c1-12(2,11(14)19)7-15-9(17)6-16-5-8(13)3-4-10(16)18/h3-5H,6-7,13H2,1-2H3,(H2,14,19)(H,15,17). The Balaban J connectivity index is 2.64. The van der Waals surface area contributed by atoms with Crippen molar-refractivity contribution in [2.45, 2.75) is 20.4 Å². The summed E-state index contributed by atoms with van der Waals surface area (Å²) in [5, 5.41) is 2.56. The van der Waals surface area contributed by atoms with E-state index in [0.717, 1.165) is 0 Å². The quantitative estimate of drug-likeness (QED) is 0.636. The van der Waals surface area contributed by atoms with Crippen molar-refractivity contribution in [3.63, 3.8) is 0 Å². The molecule has 0 radical (unpaired) electrons. The molecule has 0 unspecified atom stereocenters. The van der Waals surface area contributed by atoms with Gasteiger partial charge in [-0.25, -0.2) is 0 Å². The van der Waals surface area contributed by atoms with Gasteiger partial charge in [-0.05, 0) is 19.9 Å². The molecule has 0 bridgehead atoms. The Hall–Kier alpha value is -2.31. The fraction of sp³-hybridized carbons (Fsp3) is 0.417. The van der Waals surface area contributed by atoms with E-state index in [1.165, 1.54) is 22.9 Å². The highest BCUT2D eigenvalue weighted by atomic mass is 16.2. The second-order valence-electron chi connectivity index (χ2n) is 4.95. The van der Waals surface area contributed by atoms with Gasteiger partial charge in [-0.15, -0.1) is 0 Å². The summed E-state index contributed by atoms with van der Waals surface area (Å²) in [6.07, 6.45) is 1.39. The third-order valence-corrected chi connectivity index (χ3v) is 2.71. The van der Waals surface area contributed by atoms with Crippen LogP contribution in [-0.4, -0.2) is 22.9 Å². The van der Waals surface area contributed by atoms with Crippen molar-refractivity contribution in [1.29, 1.82) is 0 Å². The predicted molar refractivity (Wildman–Crippen MR) is 71.1 cm³/mol. The summed E-state index contributed by atoms with van der Waals surface area (Å²) >= 11 is 0. The Morgan fingerprint density at radius 1 is 1.37 bits per heavy atom. The van der Waals surface area contributed by atoms with Crippen molar-refractivity contribution in [1.82, 2.24) is 9.88 Å². The van der Waals surface area contributed by atoms with Gasteiger partial charge in [0.15, 0.2) is 0 Å². The monoisotopic (exact) mass is 266 g/mol. The Morgan fingerprint density at radius 3 is 2.58 bits per heavy atom. The molecule has 0 fully saturated rings. The van der Waals surface area contributed by atoms with Crippen molar-refractivity contribution >= 4 is 17.5 Å². The maximum absolute atomic E-state index is 11.7. The molecule has 0 aliphatic rings. The third kappa shape index (κ3) is 4.13. The molecular formula is C12H18N4O3. The molecule has 0 saturated heterocycles. The molecule has 7 nitrogen and oxygen atoms in total. The lowest BCUT2D eigenvalue weighted by Gasteiger charge is -2.20. The van der Waals surface area contributed by atoms with E-state index in [4.69, 9.17) is 11.5 Å². The van der Waals surface area contributed by atoms with Crippen LogP contribution in [0.3, 0.4) is 0 Å². The van der Waals surface area contributed by atoms with Crippen molar-refractivity contribution in [3.05, 3.63) is 28.7 Å². The number of pyridine rings is 1. The van der Waals surface area contributed by atoms with Crippen LogP contribution in [0, 0.1) is 5.41 Å². The molecule has 19 heavy (non-hydrogen) atoms. The van der Waals surface area contributed by atoms with Crippen LogP contribution in [0.2, 0.25) is 0 Å². The van der Waals surface area contributed by atoms with Crippen molar-refractivity contribution in [2.24, 2.45) is 11.1 Å². The van der Waals surface area contributed by atoms with E-state index in [9.17, 15) is 14.4 Å². The fourth-order valence-electron chi connectivity index (χ4n) is 1.29. The molecule has 0 atom stereocenters. The number of nitrogens with one attached hydrogen (secondary N) is 1. The minimum absolute atomic E-state index is 0.109. The van der Waals surface area contributed by atoms with Gasteiger partial charge in [-0.2, -0.15) is 0 Å². The third-order valence-electron chi connectivity index (χ3n) is 2.71. The average molecular weight is 266 g/mol. The highest BCUT2D eigenvalue weighted by Crippen LogP contribution is 2.11. The second-order valence-corrected chi connectivity index (χ2v) is 4.95. The first kappa shape index (κ1) is 14.7. The Labute approximate surface area is 110 Å². The fourth-order valence-corrected chi connectivity index (χ4v) is 1.29. The lowest BCUT2D eigenvalue weighted by Crippen LogP contribution is -2.43. The zero-order valence-corrected chi connectivity index (χ0v) is 11.0. The lowest BCUT2D eigenvalue weighted by molar-refractivity contribution is -0.127. The Morgan fingerprint density at radius 2 is 2.00 bits per heavy atom. The van der Waals surface area contributed by atoms with Crippen LogP contribution >= 0.6 is 0 Å². The van der Waals surface area contributed by atoms with Crippen molar-refractivity contribution in [3.8, 4) is 0 Å². The predicted octanol–water partition coefficient (Wildman–Crippen LogP) is -0.942. The van der Waals surface area contributed by atoms with Crippen LogP contribution in [0.5, 0.6) is 0 Å². The number of aromatic nitrogens is 1. The molecule has 5 N–H and O–H groups in total. The summed E-state index contributed by atoms with van der Waals surface area (Å²) in [6, 6.07) is 2.75. The Bertz CT molecular complexity index is 548. The summed E-state index contributed by atoms with van der Waals surface area (Å²) in [7, 11) is 0. The van der Waals surface area contributed by atoms with Gasteiger partial charge in [-0.3, -0.25) is 14.4 Å². The van der Waals surface area contributed by atoms with E-state index in [1.54, 1.807) is 13.8 Å². The van der Waals surface area contributed by atoms with E-state index in [0.29, 0.717) is 5.69 Å². The minimum atomic E-state index is -0.837. The molecule has 0 spiro atoms. The first-order chi connectivity index (χ1) is 8.72. The van der Waals surface area contributed by atoms with Gasteiger partial charge in [-0.1, -0.05) is 0 Å². The lowest BCUT2D eigenvalue weighted by atomic mass is 9.93. The van der Waals surface area contributed by atoms with Crippen LogP contribution in [-0.2, 0) is 16.1 Å². The van der Waals surface area contributed by atoms with Crippen molar-refractivity contribution < 1.29 is 9.59 Å². The van der Waals surface area contributed by atoms with Gasteiger partial charge < -0.3 is 21.4 Å². The number of nitrogen functional groups attached to an aromatic ring is 1. The molecule has 104 valence electrons. The van der Waals surface area contributed by atoms with Crippen LogP contribution in [0.15, 0.2) is 23.1 Å². The topological polar surface area (TPSA) is 120 Å². The maximum Gasteiger partial charge on any atom is 0.251 e. The van der Waals surface area contributed by atoms with E-state index < -0.39 is 11.3 Å². The number of hydrogen-bond donors (Lipinski definition) is 3. The Kier molecular flexibility index (Phi) is 4.31. The minimum Gasteiger partial charge on any atom is -0.398 e. The van der Waals surface area contributed by atoms with Crippen molar-refractivity contribution in [2.75, 3.05) is 12.3 Å². The zero-order chi connectivity index (χ0) is 14.6. The van der Waals surface area contributed by atoms with E-state index in [2.05, 4.69) is 5.32 Å².